The van der Waals surface area contributed by atoms with Crippen LogP contribution in [0.4, 0.5) is 34.1 Å². The Morgan fingerprint density at radius 2 is 0.368 bits per heavy atom. The van der Waals surface area contributed by atoms with Crippen LogP contribution in [0.25, 0.3) is 187 Å². The highest BCUT2D eigenvalue weighted by molar-refractivity contribution is 6.08. The van der Waals surface area contributed by atoms with Gasteiger partial charge in [-0.25, -0.2) is 0 Å². The van der Waals surface area contributed by atoms with Crippen LogP contribution in [0.15, 0.2) is 458 Å². The van der Waals surface area contributed by atoms with Gasteiger partial charge in [0.1, 0.15) is 22.3 Å². The van der Waals surface area contributed by atoms with Gasteiger partial charge in [-0.1, -0.05) is 345 Å². The maximum absolute atomic E-state index is 6.33. The Morgan fingerprint density at radius 3 is 0.714 bits per heavy atom. The van der Waals surface area contributed by atoms with Crippen LogP contribution >= 0.6 is 0 Å². The molecule has 630 valence electrons. The number of para-hydroxylation sites is 2. The molecule has 0 amide bonds. The van der Waals surface area contributed by atoms with E-state index in [1.165, 1.54) is 155 Å². The summed E-state index contributed by atoms with van der Waals surface area (Å²) < 4.78 is 12.6. The molecule has 0 saturated carbocycles. The fourth-order valence-corrected chi connectivity index (χ4v) is 21.8. The molecule has 21 aromatic carbocycles. The van der Waals surface area contributed by atoms with E-state index in [0.717, 1.165) is 100 Å². The summed E-state index contributed by atoms with van der Waals surface area (Å²) in [5, 5.41) is 12.1. The van der Waals surface area contributed by atoms with E-state index in [2.05, 4.69) is 476 Å². The van der Waals surface area contributed by atoms with Gasteiger partial charge in [-0.15, -0.1) is 0 Å². The second-order valence-electron chi connectivity index (χ2n) is 37.9. The molecule has 23 aromatic rings. The average molecular weight is 1700 g/mol. The molecule has 0 spiro atoms. The zero-order valence-electron chi connectivity index (χ0n) is 74.9. The van der Waals surface area contributed by atoms with Crippen molar-refractivity contribution in [3.63, 3.8) is 0 Å². The number of nitrogens with zero attached hydrogens (tertiary/aromatic N) is 2. The Hall–Kier alpha value is -16.4. The molecule has 0 bridgehead atoms. The van der Waals surface area contributed by atoms with Crippen LogP contribution in [-0.2, 0) is 16.2 Å². The minimum Gasteiger partial charge on any atom is -0.456 e. The highest BCUT2D eigenvalue weighted by Crippen LogP contribution is 2.57. The van der Waals surface area contributed by atoms with Gasteiger partial charge in [0, 0.05) is 71.9 Å². The SMILES string of the molecule is CC1(C)c2cc(-c3ccc4ccccc4c3)ccc2-c2ccc(N(c3ccc(-c4ccc(-c5ccccc5)cc4)cc3)c3ccc(-c4ccc5c(c4)oc4ccccc45)cc3)cc21.CC1(C)c2cc(-c3ccc4ccccc4c3)ccc2-c2ccc(N(c3ccc(-c4ccc5c(c4)oc4ccccc45)cc3)c3ccc4c(c3)C(C)(C)c3cc(-c5ccc6ccccc6c5)ccc3-4)cc21. The van der Waals surface area contributed by atoms with E-state index in [9.17, 15) is 0 Å². The lowest BCUT2D eigenvalue weighted by atomic mass is 9.81. The predicted octanol–water partition coefficient (Wildman–Crippen LogP) is 36.2. The molecule has 133 heavy (non-hydrogen) atoms. The number of hydrogen-bond acceptors (Lipinski definition) is 4. The van der Waals surface area contributed by atoms with Crippen molar-refractivity contribution in [1.82, 2.24) is 0 Å². The summed E-state index contributed by atoms with van der Waals surface area (Å²) in [5.74, 6) is 0. The lowest BCUT2D eigenvalue weighted by Gasteiger charge is -2.30. The second-order valence-corrected chi connectivity index (χ2v) is 37.9. The molecule has 3 aliphatic carbocycles. The fourth-order valence-electron chi connectivity index (χ4n) is 21.8. The molecular formula is C129H92N2O2. The third kappa shape index (κ3) is 13.4. The molecule has 0 radical (unpaired) electrons. The molecule has 2 aromatic heterocycles. The Kier molecular flexibility index (Phi) is 18.3. The standard InChI is InChI=1S/C68H49NO.C61H43NO/c1-67(2)61-37-49(47-19-17-42-11-5-7-13-45(42)35-47)23-30-55(61)57-33-28-53(40-63(57)67)69(52-26-21-44(22-27-52)51-25-32-60-59-15-9-10-16-65(59)70-66(60)39-51)54-29-34-58-56-31-24-50(38-62(56)68(3,4)64(58)41-54)48-20-18-43-12-6-8-14-46(43)36-48;1-61(2)57-37-48(47-21-20-41-12-6-7-13-46(41)36-47)26-33-53(57)54-35-32-52(39-58(54)61)62(50-28-22-44(23-29-50)43-18-16-42(17-19-43)40-10-4-3-5-11-40)51-30-24-45(25-31-51)49-27-34-56-55-14-8-9-15-59(55)63-60(56)38-49/h5-41H,1-4H3;3-39H,1-2H3. The Bertz CT molecular complexity index is 8450. The number of rotatable bonds is 13. The van der Waals surface area contributed by atoms with Crippen LogP contribution in [-0.4, -0.2) is 0 Å². The Morgan fingerprint density at radius 1 is 0.150 bits per heavy atom. The van der Waals surface area contributed by atoms with Gasteiger partial charge < -0.3 is 18.6 Å². The van der Waals surface area contributed by atoms with Crippen molar-refractivity contribution in [2.24, 2.45) is 0 Å². The Labute approximate surface area is 774 Å². The first-order valence-corrected chi connectivity index (χ1v) is 46.4. The lowest BCUT2D eigenvalue weighted by Crippen LogP contribution is -2.18. The van der Waals surface area contributed by atoms with Gasteiger partial charge in [0.15, 0.2) is 0 Å². The van der Waals surface area contributed by atoms with Crippen LogP contribution in [0.1, 0.15) is 74.9 Å². The Balaban J connectivity index is 0.000000143. The van der Waals surface area contributed by atoms with Gasteiger partial charge in [0.25, 0.3) is 0 Å². The largest absolute Gasteiger partial charge is 0.456 e. The number of benzene rings is 21. The summed E-state index contributed by atoms with van der Waals surface area (Å²) in [6.07, 6.45) is 0. The highest BCUT2D eigenvalue weighted by Gasteiger charge is 2.40. The molecule has 0 fully saturated rings. The second kappa shape index (κ2) is 30.9. The van der Waals surface area contributed by atoms with Gasteiger partial charge >= 0.3 is 0 Å². The van der Waals surface area contributed by atoms with E-state index in [1.54, 1.807) is 0 Å². The zero-order valence-corrected chi connectivity index (χ0v) is 74.9. The van der Waals surface area contributed by atoms with Gasteiger partial charge in [-0.3, -0.25) is 0 Å². The van der Waals surface area contributed by atoms with Crippen LogP contribution in [0.5, 0.6) is 0 Å². The molecule has 4 heteroatoms. The maximum atomic E-state index is 6.33. The minimum atomic E-state index is -0.220. The molecule has 3 aliphatic rings. The molecule has 26 rings (SSSR count). The average Bonchev–Trinajstić information content (AvgIpc) is 1.58. The normalized spacial score (nSPS) is 13.4. The smallest absolute Gasteiger partial charge is 0.136 e. The van der Waals surface area contributed by atoms with Crippen molar-refractivity contribution in [3.05, 3.63) is 482 Å². The number of fused-ring (bicyclic) bond motifs is 18. The quantitative estimate of drug-likeness (QED) is 0.115. The van der Waals surface area contributed by atoms with Crippen molar-refractivity contribution >= 4 is 110 Å². The number of hydrogen-bond donors (Lipinski definition) is 0. The van der Waals surface area contributed by atoms with Crippen LogP contribution in [0.2, 0.25) is 0 Å². The highest BCUT2D eigenvalue weighted by atomic mass is 16.3. The molecule has 2 heterocycles. The zero-order chi connectivity index (χ0) is 89.0. The molecule has 0 N–H and O–H groups in total. The van der Waals surface area contributed by atoms with E-state index in [1.807, 2.05) is 24.3 Å². The summed E-state index contributed by atoms with van der Waals surface area (Å²) in [4.78, 5) is 4.86. The van der Waals surface area contributed by atoms with Gasteiger partial charge in [0.2, 0.25) is 0 Å². The van der Waals surface area contributed by atoms with Gasteiger partial charge in [0.05, 0.1) is 0 Å². The first kappa shape index (κ1) is 78.8. The predicted molar refractivity (Wildman–Crippen MR) is 560 cm³/mol. The number of furan rings is 2. The van der Waals surface area contributed by atoms with Crippen LogP contribution in [0, 0.1) is 0 Å². The molecule has 0 atom stereocenters. The fraction of sp³-hybridized carbons (Fsp3) is 0.0698. The maximum Gasteiger partial charge on any atom is 0.136 e. The monoisotopic (exact) mass is 1700 g/mol. The summed E-state index contributed by atoms with van der Waals surface area (Å²) in [6.45, 7) is 14.3. The van der Waals surface area contributed by atoms with Crippen molar-refractivity contribution in [2.75, 3.05) is 9.80 Å². The molecule has 0 aliphatic heterocycles. The summed E-state index contributed by atoms with van der Waals surface area (Å²) >= 11 is 0. The summed E-state index contributed by atoms with van der Waals surface area (Å²) in [5.41, 5.74) is 42.5. The van der Waals surface area contributed by atoms with Crippen molar-refractivity contribution in [2.45, 2.75) is 57.8 Å². The van der Waals surface area contributed by atoms with E-state index in [4.69, 9.17) is 8.83 Å². The summed E-state index contributed by atoms with van der Waals surface area (Å²) in [7, 11) is 0. The van der Waals surface area contributed by atoms with Gasteiger partial charge in [-0.05, 0) is 323 Å². The third-order valence-electron chi connectivity index (χ3n) is 29.1. The molecular weight excluding hydrogens is 1610 g/mol. The third-order valence-corrected chi connectivity index (χ3v) is 29.1. The molecule has 4 nitrogen and oxygen atoms in total. The minimum absolute atomic E-state index is 0.200. The first-order valence-electron chi connectivity index (χ1n) is 46.4. The van der Waals surface area contributed by atoms with E-state index in [0.29, 0.717) is 0 Å². The van der Waals surface area contributed by atoms with E-state index >= 15 is 0 Å². The van der Waals surface area contributed by atoms with Crippen LogP contribution < -0.4 is 9.80 Å². The molecule has 0 unspecified atom stereocenters. The van der Waals surface area contributed by atoms with Crippen molar-refractivity contribution in [1.29, 1.82) is 0 Å². The number of anilines is 6. The molecule has 0 saturated heterocycles. The van der Waals surface area contributed by atoms with E-state index in [-0.39, 0.29) is 16.2 Å². The summed E-state index contributed by atoms with van der Waals surface area (Å²) in [6, 6.07) is 165. The van der Waals surface area contributed by atoms with Crippen molar-refractivity contribution < 1.29 is 8.83 Å². The topological polar surface area (TPSA) is 32.8 Å². The van der Waals surface area contributed by atoms with E-state index < -0.39 is 0 Å². The lowest BCUT2D eigenvalue weighted by molar-refractivity contribution is 0.660. The van der Waals surface area contributed by atoms with Crippen molar-refractivity contribution in [3.8, 4) is 111 Å². The first-order chi connectivity index (χ1) is 65.1. The van der Waals surface area contributed by atoms with Crippen LogP contribution in [0.3, 0.4) is 0 Å². The van der Waals surface area contributed by atoms with Gasteiger partial charge in [-0.2, -0.15) is 0 Å².